The minimum absolute atomic E-state index is 0.118. The van der Waals surface area contributed by atoms with Gasteiger partial charge in [0.1, 0.15) is 18.1 Å². The molecule has 0 bridgehead atoms. The highest BCUT2D eigenvalue weighted by molar-refractivity contribution is 5.93. The van der Waals surface area contributed by atoms with Gasteiger partial charge in [0.25, 0.3) is 0 Å². The fraction of sp³-hybridized carbons (Fsp3) is 0.208. The van der Waals surface area contributed by atoms with Crippen LogP contribution in [0, 0.1) is 0 Å². The molecule has 5 nitrogen and oxygen atoms in total. The van der Waals surface area contributed by atoms with Crippen LogP contribution in [0.4, 0.5) is 11.4 Å². The molecule has 3 aromatic carbocycles. The number of anilines is 2. The topological polar surface area (TPSA) is 59.6 Å². The van der Waals surface area contributed by atoms with E-state index in [1.807, 2.05) is 92.7 Å². The lowest BCUT2D eigenvalue weighted by atomic mass is 10.2. The Bertz CT molecular complexity index is 909. The van der Waals surface area contributed by atoms with Crippen molar-refractivity contribution in [2.45, 2.75) is 26.6 Å². The summed E-state index contributed by atoms with van der Waals surface area (Å²) in [5.41, 5.74) is 2.66. The van der Waals surface area contributed by atoms with Crippen molar-refractivity contribution >= 4 is 17.3 Å². The zero-order valence-electron chi connectivity index (χ0n) is 16.7. The van der Waals surface area contributed by atoms with Crippen molar-refractivity contribution in [1.82, 2.24) is 0 Å². The average Bonchev–Trinajstić information content (AvgIpc) is 2.73. The lowest BCUT2D eigenvalue weighted by molar-refractivity contribution is -0.114. The van der Waals surface area contributed by atoms with E-state index in [1.165, 1.54) is 0 Å². The summed E-state index contributed by atoms with van der Waals surface area (Å²) >= 11 is 0. The highest BCUT2D eigenvalue weighted by atomic mass is 16.5. The number of hydrogen-bond acceptors (Lipinski definition) is 4. The molecule has 0 saturated carbocycles. The van der Waals surface area contributed by atoms with Crippen LogP contribution < -0.4 is 20.1 Å². The monoisotopic (exact) mass is 390 g/mol. The average molecular weight is 390 g/mol. The highest BCUT2D eigenvalue weighted by Crippen LogP contribution is 2.19. The molecule has 29 heavy (non-hydrogen) atoms. The highest BCUT2D eigenvalue weighted by Gasteiger charge is 2.04. The Morgan fingerprint density at radius 1 is 0.862 bits per heavy atom. The maximum absolute atomic E-state index is 12.2. The maximum atomic E-state index is 12.2. The summed E-state index contributed by atoms with van der Waals surface area (Å²) < 4.78 is 11.4. The first-order chi connectivity index (χ1) is 14.1. The minimum Gasteiger partial charge on any atom is -0.491 e. The summed E-state index contributed by atoms with van der Waals surface area (Å²) in [5.74, 6) is 1.40. The molecule has 0 heterocycles. The van der Waals surface area contributed by atoms with E-state index in [-0.39, 0.29) is 18.6 Å². The van der Waals surface area contributed by atoms with Crippen molar-refractivity contribution in [3.63, 3.8) is 0 Å². The molecule has 0 aromatic heterocycles. The number of benzene rings is 3. The third-order valence-electron chi connectivity index (χ3n) is 4.05. The zero-order valence-corrected chi connectivity index (χ0v) is 16.7. The second-order valence-electron chi connectivity index (χ2n) is 6.89. The van der Waals surface area contributed by atoms with Crippen molar-refractivity contribution in [3.05, 3.63) is 84.4 Å². The fourth-order valence-corrected chi connectivity index (χ4v) is 2.71. The van der Waals surface area contributed by atoms with E-state index in [1.54, 1.807) is 0 Å². The molecule has 0 saturated heterocycles. The Kier molecular flexibility index (Phi) is 7.11. The smallest absolute Gasteiger partial charge is 0.243 e. The first-order valence-corrected chi connectivity index (χ1v) is 9.66. The fourth-order valence-electron chi connectivity index (χ4n) is 2.71. The van der Waals surface area contributed by atoms with Crippen LogP contribution in [0.2, 0.25) is 0 Å². The SMILES string of the molecule is CC(C)Oc1ccc(NC(=O)CNc2cccc(OCc3ccccc3)c2)cc1. The quantitative estimate of drug-likeness (QED) is 0.533. The van der Waals surface area contributed by atoms with Gasteiger partial charge in [-0.05, 0) is 55.8 Å². The molecular formula is C24H26N2O3. The Morgan fingerprint density at radius 3 is 2.34 bits per heavy atom. The normalized spacial score (nSPS) is 10.4. The van der Waals surface area contributed by atoms with Crippen molar-refractivity contribution in [2.75, 3.05) is 17.2 Å². The van der Waals surface area contributed by atoms with E-state index >= 15 is 0 Å². The van der Waals surface area contributed by atoms with Crippen LogP contribution in [0.15, 0.2) is 78.9 Å². The third kappa shape index (κ3) is 6.88. The molecule has 5 heteroatoms. The number of hydrogen-bond donors (Lipinski definition) is 2. The number of carbonyl (C=O) groups excluding carboxylic acids is 1. The number of carbonyl (C=O) groups is 1. The van der Waals surface area contributed by atoms with E-state index in [0.717, 1.165) is 28.4 Å². The van der Waals surface area contributed by atoms with Crippen LogP contribution in [0.1, 0.15) is 19.4 Å². The van der Waals surface area contributed by atoms with Gasteiger partial charge in [-0.1, -0.05) is 36.4 Å². The van der Waals surface area contributed by atoms with Gasteiger partial charge in [-0.25, -0.2) is 0 Å². The van der Waals surface area contributed by atoms with Crippen molar-refractivity contribution in [3.8, 4) is 11.5 Å². The Labute approximate surface area is 171 Å². The van der Waals surface area contributed by atoms with Gasteiger partial charge in [0.15, 0.2) is 0 Å². The molecule has 0 spiro atoms. The molecule has 150 valence electrons. The van der Waals surface area contributed by atoms with Crippen LogP contribution in [0.25, 0.3) is 0 Å². The van der Waals surface area contributed by atoms with Crippen LogP contribution in [0.3, 0.4) is 0 Å². The summed E-state index contributed by atoms with van der Waals surface area (Å²) in [6, 6.07) is 24.9. The summed E-state index contributed by atoms with van der Waals surface area (Å²) in [7, 11) is 0. The van der Waals surface area contributed by atoms with Gasteiger partial charge in [-0.3, -0.25) is 4.79 Å². The summed E-state index contributed by atoms with van der Waals surface area (Å²) in [5, 5.41) is 5.99. The van der Waals surface area contributed by atoms with Crippen LogP contribution in [0.5, 0.6) is 11.5 Å². The molecule has 1 amide bonds. The van der Waals surface area contributed by atoms with Gasteiger partial charge in [0, 0.05) is 17.4 Å². The van der Waals surface area contributed by atoms with Gasteiger partial charge in [0.2, 0.25) is 5.91 Å². The molecule has 0 aliphatic heterocycles. The maximum Gasteiger partial charge on any atom is 0.243 e. The molecule has 0 fully saturated rings. The van der Waals surface area contributed by atoms with Gasteiger partial charge in [-0.15, -0.1) is 0 Å². The molecule has 0 atom stereocenters. The Morgan fingerprint density at radius 2 is 1.62 bits per heavy atom. The van der Waals surface area contributed by atoms with E-state index < -0.39 is 0 Å². The molecule has 0 radical (unpaired) electrons. The lowest BCUT2D eigenvalue weighted by Gasteiger charge is -2.12. The molecule has 0 aliphatic rings. The minimum atomic E-state index is -0.127. The van der Waals surface area contributed by atoms with Gasteiger partial charge >= 0.3 is 0 Å². The summed E-state index contributed by atoms with van der Waals surface area (Å²) in [4.78, 5) is 12.2. The second kappa shape index (κ2) is 10.2. The number of ether oxygens (including phenoxy) is 2. The first-order valence-electron chi connectivity index (χ1n) is 9.66. The number of rotatable bonds is 9. The largest absolute Gasteiger partial charge is 0.491 e. The van der Waals surface area contributed by atoms with Crippen molar-refractivity contribution in [2.24, 2.45) is 0 Å². The zero-order chi connectivity index (χ0) is 20.5. The van der Waals surface area contributed by atoms with E-state index in [0.29, 0.717) is 6.61 Å². The van der Waals surface area contributed by atoms with Crippen molar-refractivity contribution in [1.29, 1.82) is 0 Å². The molecule has 3 aromatic rings. The Balaban J connectivity index is 1.47. The summed E-state index contributed by atoms with van der Waals surface area (Å²) in [6.07, 6.45) is 0.118. The van der Waals surface area contributed by atoms with E-state index in [4.69, 9.17) is 9.47 Å². The third-order valence-corrected chi connectivity index (χ3v) is 4.05. The molecule has 2 N–H and O–H groups in total. The predicted molar refractivity (Wildman–Crippen MR) is 117 cm³/mol. The van der Waals surface area contributed by atoms with Crippen LogP contribution >= 0.6 is 0 Å². The van der Waals surface area contributed by atoms with Gasteiger partial charge in [-0.2, -0.15) is 0 Å². The number of amides is 1. The molecular weight excluding hydrogens is 364 g/mol. The van der Waals surface area contributed by atoms with Crippen LogP contribution in [-0.2, 0) is 11.4 Å². The van der Waals surface area contributed by atoms with E-state index in [9.17, 15) is 4.79 Å². The molecule has 0 aliphatic carbocycles. The van der Waals surface area contributed by atoms with Crippen molar-refractivity contribution < 1.29 is 14.3 Å². The summed E-state index contributed by atoms with van der Waals surface area (Å²) in [6.45, 7) is 4.61. The van der Waals surface area contributed by atoms with Gasteiger partial charge < -0.3 is 20.1 Å². The molecule has 3 rings (SSSR count). The first kappa shape index (κ1) is 20.3. The van der Waals surface area contributed by atoms with E-state index in [2.05, 4.69) is 10.6 Å². The molecule has 0 unspecified atom stereocenters. The lowest BCUT2D eigenvalue weighted by Crippen LogP contribution is -2.21. The Hall–Kier alpha value is -3.47. The standard InChI is InChI=1S/C24H26N2O3/c1-18(2)29-22-13-11-20(12-14-22)26-24(27)16-25-21-9-6-10-23(15-21)28-17-19-7-4-3-5-8-19/h3-15,18,25H,16-17H2,1-2H3,(H,26,27). The van der Waals surface area contributed by atoms with Gasteiger partial charge in [0.05, 0.1) is 12.6 Å². The van der Waals surface area contributed by atoms with Crippen LogP contribution in [-0.4, -0.2) is 18.6 Å². The second-order valence-corrected chi connectivity index (χ2v) is 6.89. The number of nitrogens with one attached hydrogen (secondary N) is 2. The predicted octanol–water partition coefficient (Wildman–Crippen LogP) is 5.10.